The summed E-state index contributed by atoms with van der Waals surface area (Å²) in [6.07, 6.45) is -0.276. The molecule has 1 amide bonds. The van der Waals surface area contributed by atoms with Crippen LogP contribution in [0.15, 0.2) is 30.3 Å². The first-order chi connectivity index (χ1) is 10.1. The van der Waals surface area contributed by atoms with Gasteiger partial charge in [-0.2, -0.15) is 0 Å². The Kier molecular flexibility index (Phi) is 4.80. The number of hydrogen-bond donors (Lipinski definition) is 2. The van der Waals surface area contributed by atoms with Gasteiger partial charge in [-0.25, -0.2) is 9.59 Å². The number of esters is 1. The van der Waals surface area contributed by atoms with Crippen LogP contribution in [0, 0.1) is 5.92 Å². The minimum Gasteiger partial charge on any atom is -0.464 e. The number of benzene rings is 1. The van der Waals surface area contributed by atoms with Crippen LogP contribution >= 0.6 is 0 Å². The topological polar surface area (TPSA) is 84.9 Å². The molecule has 1 fully saturated rings. The minimum absolute atomic E-state index is 0.180. The summed E-state index contributed by atoms with van der Waals surface area (Å²) in [5, 5.41) is 12.5. The van der Waals surface area contributed by atoms with E-state index in [4.69, 9.17) is 9.47 Å². The molecule has 2 N–H and O–H groups in total. The molecule has 2 unspecified atom stereocenters. The highest BCUT2D eigenvalue weighted by Gasteiger charge is 2.60. The van der Waals surface area contributed by atoms with E-state index in [0.29, 0.717) is 6.42 Å². The van der Waals surface area contributed by atoms with Crippen LogP contribution in [0.5, 0.6) is 0 Å². The Morgan fingerprint density at radius 1 is 1.33 bits per heavy atom. The zero-order valence-corrected chi connectivity index (χ0v) is 11.9. The van der Waals surface area contributed by atoms with Crippen molar-refractivity contribution < 1.29 is 24.2 Å². The molecule has 0 heterocycles. The molecule has 1 aliphatic carbocycles. The maximum Gasteiger partial charge on any atom is 0.407 e. The number of amides is 1. The van der Waals surface area contributed by atoms with Gasteiger partial charge in [-0.1, -0.05) is 30.3 Å². The summed E-state index contributed by atoms with van der Waals surface area (Å²) in [5.74, 6) is -0.949. The Hall–Kier alpha value is -2.08. The Morgan fingerprint density at radius 3 is 2.71 bits per heavy atom. The minimum atomic E-state index is -1.46. The van der Waals surface area contributed by atoms with E-state index in [9.17, 15) is 14.7 Å². The lowest BCUT2D eigenvalue weighted by Gasteiger charge is -2.10. The fraction of sp³-hybridized carbons (Fsp3) is 0.467. The van der Waals surface area contributed by atoms with E-state index in [2.05, 4.69) is 5.32 Å². The van der Waals surface area contributed by atoms with Crippen molar-refractivity contribution in [3.63, 3.8) is 0 Å². The van der Waals surface area contributed by atoms with E-state index >= 15 is 0 Å². The molecule has 1 aromatic rings. The highest BCUT2D eigenvalue weighted by atomic mass is 16.6. The van der Waals surface area contributed by atoms with Gasteiger partial charge in [0, 0.05) is 12.5 Å². The van der Waals surface area contributed by atoms with Crippen LogP contribution in [0.3, 0.4) is 0 Å². The molecule has 6 nitrogen and oxygen atoms in total. The predicted molar refractivity (Wildman–Crippen MR) is 74.3 cm³/mol. The number of carbonyl (C=O) groups is 2. The number of nitrogens with one attached hydrogen (secondary N) is 1. The molecule has 0 aliphatic heterocycles. The van der Waals surface area contributed by atoms with Gasteiger partial charge in [0.25, 0.3) is 0 Å². The quantitative estimate of drug-likeness (QED) is 0.771. The van der Waals surface area contributed by atoms with Crippen molar-refractivity contribution in [2.24, 2.45) is 5.92 Å². The lowest BCUT2D eigenvalue weighted by Crippen LogP contribution is -2.33. The second-order valence-electron chi connectivity index (χ2n) is 4.99. The third-order valence-corrected chi connectivity index (χ3v) is 3.41. The monoisotopic (exact) mass is 293 g/mol. The van der Waals surface area contributed by atoms with E-state index < -0.39 is 17.7 Å². The predicted octanol–water partition coefficient (Wildman–Crippen LogP) is 1.23. The molecule has 0 spiro atoms. The SMILES string of the molecule is CCOC(=O)C1(O)CC1CNC(=O)OCc1ccccc1. The number of ether oxygens (including phenoxy) is 2. The molecule has 2 rings (SSSR count). The Labute approximate surface area is 123 Å². The van der Waals surface area contributed by atoms with Crippen LogP contribution in [0.25, 0.3) is 0 Å². The molecule has 6 heteroatoms. The Balaban J connectivity index is 1.68. The van der Waals surface area contributed by atoms with Gasteiger partial charge >= 0.3 is 12.1 Å². The van der Waals surface area contributed by atoms with Crippen LogP contribution in [-0.4, -0.2) is 35.9 Å². The summed E-state index contributed by atoms with van der Waals surface area (Å²) in [6, 6.07) is 9.31. The molecule has 2 atom stereocenters. The van der Waals surface area contributed by atoms with Crippen molar-refractivity contribution in [1.82, 2.24) is 5.32 Å². The fourth-order valence-corrected chi connectivity index (χ4v) is 2.04. The van der Waals surface area contributed by atoms with E-state index in [0.717, 1.165) is 5.56 Å². The van der Waals surface area contributed by atoms with Gasteiger partial charge in [0.2, 0.25) is 0 Å². The van der Waals surface area contributed by atoms with Gasteiger partial charge in [-0.3, -0.25) is 0 Å². The molecule has 1 aromatic carbocycles. The summed E-state index contributed by atoms with van der Waals surface area (Å²) in [7, 11) is 0. The number of alkyl carbamates (subject to hydrolysis) is 1. The zero-order chi connectivity index (χ0) is 15.3. The average molecular weight is 293 g/mol. The Morgan fingerprint density at radius 2 is 2.05 bits per heavy atom. The molecule has 0 radical (unpaired) electrons. The fourth-order valence-electron chi connectivity index (χ4n) is 2.04. The average Bonchev–Trinajstić information content (AvgIpc) is 3.17. The number of carbonyl (C=O) groups excluding carboxylic acids is 2. The third-order valence-electron chi connectivity index (χ3n) is 3.41. The maximum absolute atomic E-state index is 11.5. The molecule has 0 bridgehead atoms. The lowest BCUT2D eigenvalue weighted by atomic mass is 10.2. The van der Waals surface area contributed by atoms with Gasteiger partial charge in [-0.05, 0) is 18.9 Å². The summed E-state index contributed by atoms with van der Waals surface area (Å²) in [6.45, 7) is 2.26. The van der Waals surface area contributed by atoms with Crippen LogP contribution in [0.4, 0.5) is 4.79 Å². The largest absolute Gasteiger partial charge is 0.464 e. The lowest BCUT2D eigenvalue weighted by molar-refractivity contribution is -0.156. The van der Waals surface area contributed by atoms with Crippen LogP contribution in [-0.2, 0) is 20.9 Å². The molecule has 1 saturated carbocycles. The number of rotatable bonds is 6. The first-order valence-corrected chi connectivity index (χ1v) is 6.90. The van der Waals surface area contributed by atoms with Crippen molar-refractivity contribution in [1.29, 1.82) is 0 Å². The van der Waals surface area contributed by atoms with E-state index in [1.165, 1.54) is 0 Å². The van der Waals surface area contributed by atoms with Gasteiger partial charge in [0.1, 0.15) is 6.61 Å². The smallest absolute Gasteiger partial charge is 0.407 e. The number of aliphatic hydroxyl groups is 1. The van der Waals surface area contributed by atoms with Crippen LogP contribution < -0.4 is 5.32 Å². The van der Waals surface area contributed by atoms with Gasteiger partial charge in [0.15, 0.2) is 5.60 Å². The summed E-state index contributed by atoms with van der Waals surface area (Å²) in [4.78, 5) is 23.0. The van der Waals surface area contributed by atoms with Crippen molar-refractivity contribution in [3.8, 4) is 0 Å². The van der Waals surface area contributed by atoms with Crippen molar-refractivity contribution in [2.45, 2.75) is 25.6 Å². The van der Waals surface area contributed by atoms with Crippen molar-refractivity contribution in [2.75, 3.05) is 13.2 Å². The molecule has 21 heavy (non-hydrogen) atoms. The second kappa shape index (κ2) is 6.58. The highest BCUT2D eigenvalue weighted by Crippen LogP contribution is 2.43. The standard InChI is InChI=1S/C15H19NO5/c1-2-20-13(17)15(19)8-12(15)9-16-14(18)21-10-11-6-4-3-5-7-11/h3-7,12,19H,2,8-10H2,1H3,(H,16,18). The molecule has 0 saturated heterocycles. The van der Waals surface area contributed by atoms with Gasteiger partial charge < -0.3 is 19.9 Å². The Bertz CT molecular complexity index is 504. The maximum atomic E-state index is 11.5. The zero-order valence-electron chi connectivity index (χ0n) is 11.9. The first-order valence-electron chi connectivity index (χ1n) is 6.90. The van der Waals surface area contributed by atoms with Gasteiger partial charge in [-0.15, -0.1) is 0 Å². The first kappa shape index (κ1) is 15.3. The van der Waals surface area contributed by atoms with E-state index in [-0.39, 0.29) is 25.7 Å². The van der Waals surface area contributed by atoms with Crippen LogP contribution in [0.1, 0.15) is 18.9 Å². The molecule has 114 valence electrons. The van der Waals surface area contributed by atoms with E-state index in [1.807, 2.05) is 30.3 Å². The number of hydrogen-bond acceptors (Lipinski definition) is 5. The summed E-state index contributed by atoms with van der Waals surface area (Å²) >= 11 is 0. The second-order valence-corrected chi connectivity index (χ2v) is 4.99. The molecular weight excluding hydrogens is 274 g/mol. The van der Waals surface area contributed by atoms with Crippen molar-refractivity contribution in [3.05, 3.63) is 35.9 Å². The van der Waals surface area contributed by atoms with Gasteiger partial charge in [0.05, 0.1) is 6.61 Å². The summed E-state index contributed by atoms with van der Waals surface area (Å²) < 4.78 is 9.81. The normalized spacial score (nSPS) is 23.2. The highest BCUT2D eigenvalue weighted by molar-refractivity contribution is 5.83. The van der Waals surface area contributed by atoms with Crippen LogP contribution in [0.2, 0.25) is 0 Å². The summed E-state index contributed by atoms with van der Waals surface area (Å²) in [5.41, 5.74) is -0.565. The molecule has 1 aliphatic rings. The van der Waals surface area contributed by atoms with Crippen molar-refractivity contribution >= 4 is 12.1 Å². The third kappa shape index (κ3) is 3.95. The molecular formula is C15H19NO5. The molecule has 0 aromatic heterocycles. The van der Waals surface area contributed by atoms with E-state index in [1.54, 1.807) is 6.92 Å².